The van der Waals surface area contributed by atoms with E-state index >= 15 is 0 Å². The van der Waals surface area contributed by atoms with Gasteiger partial charge in [-0.15, -0.1) is 12.4 Å². The smallest absolute Gasteiger partial charge is 0.0585 e. The maximum absolute atomic E-state index is 8.87. The zero-order valence-electron chi connectivity index (χ0n) is 10.9. The first kappa shape index (κ1) is 17.0. The lowest BCUT2D eigenvalue weighted by molar-refractivity contribution is 0.265. The SMILES string of the molecule is CCCCC#Cc1ccc(CC(N)CO)cc1.Cl. The predicted octanol–water partition coefficient (Wildman–Crippen LogP) is 2.51. The van der Waals surface area contributed by atoms with Gasteiger partial charge < -0.3 is 10.8 Å². The maximum Gasteiger partial charge on any atom is 0.0585 e. The Hall–Kier alpha value is -1.01. The average Bonchev–Trinajstić information content (AvgIpc) is 2.36. The molecule has 1 aromatic carbocycles. The molecule has 2 nitrogen and oxygen atoms in total. The summed E-state index contributed by atoms with van der Waals surface area (Å²) in [7, 11) is 0. The van der Waals surface area contributed by atoms with Gasteiger partial charge >= 0.3 is 0 Å². The van der Waals surface area contributed by atoms with Gasteiger partial charge in [-0.3, -0.25) is 0 Å². The van der Waals surface area contributed by atoms with Crippen LogP contribution >= 0.6 is 12.4 Å². The van der Waals surface area contributed by atoms with Crippen molar-refractivity contribution in [1.82, 2.24) is 0 Å². The Morgan fingerprint density at radius 1 is 1.28 bits per heavy atom. The van der Waals surface area contributed by atoms with Gasteiger partial charge in [0.05, 0.1) is 6.61 Å². The fraction of sp³-hybridized carbons (Fsp3) is 0.467. The van der Waals surface area contributed by atoms with Crippen molar-refractivity contribution < 1.29 is 5.11 Å². The Kier molecular flexibility index (Phi) is 9.40. The maximum atomic E-state index is 8.87. The molecule has 18 heavy (non-hydrogen) atoms. The topological polar surface area (TPSA) is 46.2 Å². The Morgan fingerprint density at radius 3 is 2.50 bits per heavy atom. The van der Waals surface area contributed by atoms with Gasteiger partial charge in [-0.1, -0.05) is 37.3 Å². The fourth-order valence-corrected chi connectivity index (χ4v) is 1.52. The van der Waals surface area contributed by atoms with Gasteiger partial charge in [0.2, 0.25) is 0 Å². The molecule has 3 N–H and O–H groups in total. The Labute approximate surface area is 116 Å². The molecule has 0 radical (unpaired) electrons. The van der Waals surface area contributed by atoms with Crippen molar-refractivity contribution in [2.24, 2.45) is 5.73 Å². The van der Waals surface area contributed by atoms with E-state index in [2.05, 4.69) is 18.8 Å². The molecule has 1 unspecified atom stereocenters. The molecule has 1 aromatic rings. The quantitative estimate of drug-likeness (QED) is 0.636. The standard InChI is InChI=1S/C15H21NO.ClH/c1-2-3-4-5-6-13-7-9-14(10-8-13)11-15(16)12-17;/h7-10,15,17H,2-4,11-12,16H2,1H3;1H. The summed E-state index contributed by atoms with van der Waals surface area (Å²) >= 11 is 0. The molecular weight excluding hydrogens is 246 g/mol. The van der Waals surface area contributed by atoms with Crippen molar-refractivity contribution in [1.29, 1.82) is 0 Å². The molecule has 0 fully saturated rings. The molecule has 1 rings (SSSR count). The zero-order chi connectivity index (χ0) is 12.5. The van der Waals surface area contributed by atoms with Crippen molar-refractivity contribution >= 4 is 12.4 Å². The normalized spacial score (nSPS) is 11.1. The summed E-state index contributed by atoms with van der Waals surface area (Å²) in [5, 5.41) is 8.87. The summed E-state index contributed by atoms with van der Waals surface area (Å²) in [5.74, 6) is 6.30. The fourth-order valence-electron chi connectivity index (χ4n) is 1.52. The first-order valence-electron chi connectivity index (χ1n) is 6.20. The minimum absolute atomic E-state index is 0. The van der Waals surface area contributed by atoms with Crippen LogP contribution in [0.4, 0.5) is 0 Å². The molecule has 0 bridgehead atoms. The second-order valence-electron chi connectivity index (χ2n) is 4.25. The van der Waals surface area contributed by atoms with Gasteiger partial charge in [-0.05, 0) is 30.5 Å². The molecule has 0 heterocycles. The third-order valence-electron chi connectivity index (χ3n) is 2.57. The number of benzene rings is 1. The summed E-state index contributed by atoms with van der Waals surface area (Å²) in [6, 6.07) is 7.91. The molecule has 1 atom stereocenters. The molecule has 0 saturated heterocycles. The van der Waals surface area contributed by atoms with Gasteiger partial charge in [0, 0.05) is 18.0 Å². The van der Waals surface area contributed by atoms with E-state index in [-0.39, 0.29) is 25.1 Å². The second kappa shape index (κ2) is 9.96. The highest BCUT2D eigenvalue weighted by molar-refractivity contribution is 5.85. The third-order valence-corrected chi connectivity index (χ3v) is 2.57. The number of hydrogen-bond donors (Lipinski definition) is 2. The van der Waals surface area contributed by atoms with Crippen molar-refractivity contribution in [2.75, 3.05) is 6.61 Å². The molecular formula is C15H22ClNO. The molecule has 0 aliphatic carbocycles. The number of aliphatic hydroxyl groups is 1. The number of rotatable bonds is 5. The van der Waals surface area contributed by atoms with Crippen LogP contribution in [0.1, 0.15) is 37.3 Å². The van der Waals surface area contributed by atoms with E-state index in [4.69, 9.17) is 10.8 Å². The van der Waals surface area contributed by atoms with Crippen molar-refractivity contribution in [2.45, 2.75) is 38.6 Å². The summed E-state index contributed by atoms with van der Waals surface area (Å²) in [6.45, 7) is 2.19. The zero-order valence-corrected chi connectivity index (χ0v) is 11.7. The lowest BCUT2D eigenvalue weighted by atomic mass is 10.1. The minimum Gasteiger partial charge on any atom is -0.395 e. The summed E-state index contributed by atoms with van der Waals surface area (Å²) in [4.78, 5) is 0. The van der Waals surface area contributed by atoms with Gasteiger partial charge in [0.1, 0.15) is 0 Å². The van der Waals surface area contributed by atoms with Crippen LogP contribution in [0.3, 0.4) is 0 Å². The number of halogens is 1. The molecule has 0 amide bonds. The van der Waals surface area contributed by atoms with E-state index in [1.165, 1.54) is 6.42 Å². The van der Waals surface area contributed by atoms with Crippen LogP contribution in [-0.4, -0.2) is 17.8 Å². The van der Waals surface area contributed by atoms with Gasteiger partial charge in [0.25, 0.3) is 0 Å². The van der Waals surface area contributed by atoms with E-state index in [9.17, 15) is 0 Å². The molecule has 3 heteroatoms. The van der Waals surface area contributed by atoms with Crippen LogP contribution in [0.15, 0.2) is 24.3 Å². The van der Waals surface area contributed by atoms with Crippen LogP contribution in [0.5, 0.6) is 0 Å². The largest absolute Gasteiger partial charge is 0.395 e. The van der Waals surface area contributed by atoms with Crippen molar-refractivity contribution in [3.05, 3.63) is 35.4 Å². The van der Waals surface area contributed by atoms with Crippen molar-refractivity contribution in [3.8, 4) is 11.8 Å². The Morgan fingerprint density at radius 2 is 1.94 bits per heavy atom. The molecule has 0 saturated carbocycles. The molecule has 0 aliphatic heterocycles. The molecule has 0 aromatic heterocycles. The second-order valence-corrected chi connectivity index (χ2v) is 4.25. The monoisotopic (exact) mass is 267 g/mol. The van der Waals surface area contributed by atoms with Crippen LogP contribution in [-0.2, 0) is 6.42 Å². The van der Waals surface area contributed by atoms with E-state index in [0.29, 0.717) is 6.42 Å². The first-order valence-corrected chi connectivity index (χ1v) is 6.20. The lowest BCUT2D eigenvalue weighted by Crippen LogP contribution is -2.26. The first-order chi connectivity index (χ1) is 8.26. The number of aliphatic hydroxyl groups excluding tert-OH is 1. The lowest BCUT2D eigenvalue weighted by Gasteiger charge is -2.07. The van der Waals surface area contributed by atoms with Crippen LogP contribution < -0.4 is 5.73 Å². The van der Waals surface area contributed by atoms with E-state index < -0.39 is 0 Å². The van der Waals surface area contributed by atoms with Crippen LogP contribution in [0.25, 0.3) is 0 Å². The summed E-state index contributed by atoms with van der Waals surface area (Å²) in [6.07, 6.45) is 4.02. The molecule has 100 valence electrons. The van der Waals surface area contributed by atoms with Gasteiger partial charge in [-0.2, -0.15) is 0 Å². The molecule has 0 aliphatic rings. The third kappa shape index (κ3) is 6.66. The van der Waals surface area contributed by atoms with E-state index in [0.717, 1.165) is 24.0 Å². The summed E-state index contributed by atoms with van der Waals surface area (Å²) < 4.78 is 0. The Bertz CT molecular complexity index is 378. The van der Waals surface area contributed by atoms with Crippen LogP contribution in [0, 0.1) is 11.8 Å². The number of unbranched alkanes of at least 4 members (excludes halogenated alkanes) is 2. The van der Waals surface area contributed by atoms with Crippen LogP contribution in [0.2, 0.25) is 0 Å². The highest BCUT2D eigenvalue weighted by Gasteiger charge is 2.01. The minimum atomic E-state index is -0.170. The van der Waals surface area contributed by atoms with E-state index in [1.54, 1.807) is 0 Å². The average molecular weight is 268 g/mol. The van der Waals surface area contributed by atoms with E-state index in [1.807, 2.05) is 24.3 Å². The Balaban J connectivity index is 0.00000289. The van der Waals surface area contributed by atoms with Gasteiger partial charge in [-0.25, -0.2) is 0 Å². The predicted molar refractivity (Wildman–Crippen MR) is 78.9 cm³/mol. The van der Waals surface area contributed by atoms with Crippen molar-refractivity contribution in [3.63, 3.8) is 0 Å². The van der Waals surface area contributed by atoms with Gasteiger partial charge in [0.15, 0.2) is 0 Å². The molecule has 0 spiro atoms. The highest BCUT2D eigenvalue weighted by atomic mass is 35.5. The number of nitrogens with two attached hydrogens (primary N) is 1. The summed E-state index contributed by atoms with van der Waals surface area (Å²) in [5.41, 5.74) is 7.87. The number of hydrogen-bond acceptors (Lipinski definition) is 2. The highest BCUT2D eigenvalue weighted by Crippen LogP contribution is 2.05.